The van der Waals surface area contributed by atoms with Gasteiger partial charge in [-0.25, -0.2) is 4.98 Å². The van der Waals surface area contributed by atoms with Crippen molar-refractivity contribution in [1.82, 2.24) is 14.9 Å². The number of nitrogens with one attached hydrogen (secondary N) is 1. The summed E-state index contributed by atoms with van der Waals surface area (Å²) in [7, 11) is 0. The van der Waals surface area contributed by atoms with Crippen LogP contribution in [0.2, 0.25) is 0 Å². The predicted octanol–water partition coefficient (Wildman–Crippen LogP) is 3.07. The fourth-order valence-corrected chi connectivity index (χ4v) is 4.27. The molecule has 4 rings (SSSR count). The molecule has 24 heavy (non-hydrogen) atoms. The number of para-hydroxylation sites is 2. The zero-order valence-corrected chi connectivity index (χ0v) is 13.9. The van der Waals surface area contributed by atoms with Gasteiger partial charge in [-0.05, 0) is 49.8 Å². The maximum atomic E-state index is 11.3. The molecule has 1 aliphatic carbocycles. The summed E-state index contributed by atoms with van der Waals surface area (Å²) in [5.41, 5.74) is 2.06. The van der Waals surface area contributed by atoms with Crippen molar-refractivity contribution in [3.05, 3.63) is 30.1 Å². The fraction of sp³-hybridized carbons (Fsp3) is 0.579. The molecular weight excluding hydrogens is 302 g/mol. The lowest BCUT2D eigenvalue weighted by atomic mass is 9.79. The first-order valence-electron chi connectivity index (χ1n) is 9.08. The molecule has 1 aliphatic heterocycles. The molecule has 0 unspecified atom stereocenters. The second kappa shape index (κ2) is 6.55. The van der Waals surface area contributed by atoms with Crippen LogP contribution in [-0.4, -0.2) is 45.1 Å². The van der Waals surface area contributed by atoms with Crippen molar-refractivity contribution in [2.45, 2.75) is 44.6 Å². The molecule has 1 aromatic carbocycles. The highest BCUT2D eigenvalue weighted by molar-refractivity contribution is 5.74. The molecule has 2 fully saturated rings. The van der Waals surface area contributed by atoms with E-state index in [9.17, 15) is 9.90 Å². The summed E-state index contributed by atoms with van der Waals surface area (Å²) in [6, 6.07) is 8.80. The second-order valence-corrected chi connectivity index (χ2v) is 7.39. The topological polar surface area (TPSA) is 69.2 Å². The number of rotatable bonds is 5. The Morgan fingerprint density at radius 3 is 2.79 bits per heavy atom. The van der Waals surface area contributed by atoms with E-state index in [2.05, 4.69) is 9.88 Å². The summed E-state index contributed by atoms with van der Waals surface area (Å²) in [6.07, 6.45) is 6.07. The molecular formula is C19H25N3O2. The van der Waals surface area contributed by atoms with Crippen LogP contribution in [0.15, 0.2) is 24.3 Å². The van der Waals surface area contributed by atoms with Gasteiger partial charge in [0, 0.05) is 25.4 Å². The number of likely N-dealkylation sites (tertiary alicyclic amines) is 1. The molecule has 0 amide bonds. The number of aliphatic carboxylic acids is 1. The maximum absolute atomic E-state index is 11.3. The number of benzene rings is 1. The van der Waals surface area contributed by atoms with E-state index in [1.807, 2.05) is 24.3 Å². The highest BCUT2D eigenvalue weighted by Gasteiger charge is 2.35. The van der Waals surface area contributed by atoms with Crippen LogP contribution in [0, 0.1) is 11.8 Å². The number of nitrogens with zero attached hydrogens (tertiary/aromatic N) is 2. The van der Waals surface area contributed by atoms with Crippen LogP contribution < -0.4 is 0 Å². The molecule has 128 valence electrons. The molecule has 2 N–H and O–H groups in total. The Labute approximate surface area is 142 Å². The van der Waals surface area contributed by atoms with E-state index in [4.69, 9.17) is 4.98 Å². The van der Waals surface area contributed by atoms with E-state index in [0.717, 1.165) is 48.8 Å². The number of H-pyrrole nitrogens is 1. The molecule has 2 atom stereocenters. The summed E-state index contributed by atoms with van der Waals surface area (Å²) in [5, 5.41) is 9.26. The van der Waals surface area contributed by atoms with Crippen LogP contribution in [0.4, 0.5) is 0 Å². The molecule has 5 nitrogen and oxygen atoms in total. The van der Waals surface area contributed by atoms with Gasteiger partial charge in [-0.2, -0.15) is 0 Å². The number of imidazole rings is 1. The first-order valence-corrected chi connectivity index (χ1v) is 9.08. The summed E-state index contributed by atoms with van der Waals surface area (Å²) in [6.45, 7) is 2.07. The van der Waals surface area contributed by atoms with Gasteiger partial charge in [0.2, 0.25) is 0 Å². The van der Waals surface area contributed by atoms with Crippen molar-refractivity contribution in [2.75, 3.05) is 13.1 Å². The average molecular weight is 327 g/mol. The van der Waals surface area contributed by atoms with Gasteiger partial charge >= 0.3 is 5.97 Å². The molecule has 5 heteroatoms. The van der Waals surface area contributed by atoms with Gasteiger partial charge < -0.3 is 15.0 Å². The number of carboxylic acids is 1. The zero-order valence-electron chi connectivity index (χ0n) is 13.9. The van der Waals surface area contributed by atoms with Crippen LogP contribution in [-0.2, 0) is 11.2 Å². The lowest BCUT2D eigenvalue weighted by Gasteiger charge is -2.45. The minimum absolute atomic E-state index is 0.257. The first-order chi connectivity index (χ1) is 11.7. The van der Waals surface area contributed by atoms with Crippen molar-refractivity contribution in [3.63, 3.8) is 0 Å². The number of aromatic nitrogens is 2. The minimum atomic E-state index is -0.674. The lowest BCUT2D eigenvalue weighted by Crippen LogP contribution is -2.49. The van der Waals surface area contributed by atoms with Gasteiger partial charge in [-0.15, -0.1) is 0 Å². The normalized spacial score (nSPS) is 25.7. The number of fused-ring (bicyclic) bond motifs is 1. The second-order valence-electron chi connectivity index (χ2n) is 7.39. The molecule has 1 saturated heterocycles. The van der Waals surface area contributed by atoms with Crippen LogP contribution in [0.1, 0.15) is 37.9 Å². The molecule has 1 saturated carbocycles. The monoisotopic (exact) mass is 327 g/mol. The SMILES string of the molecule is O=C(O)C[C@@H]1CCN(C2CCC2)C[C@@H]1Cc1nc2ccccc2[nH]1. The van der Waals surface area contributed by atoms with Crippen LogP contribution in [0.5, 0.6) is 0 Å². The van der Waals surface area contributed by atoms with Gasteiger partial charge in [0.25, 0.3) is 0 Å². The summed E-state index contributed by atoms with van der Waals surface area (Å²) in [4.78, 5) is 22.0. The standard InChI is InChI=1S/C19H25N3O2/c23-19(24)11-13-8-9-22(15-4-3-5-15)12-14(13)10-18-20-16-6-1-2-7-17(16)21-18/h1-2,6-7,13-15H,3-5,8-12H2,(H,20,21)(H,23,24)/t13-,14-/m0/s1. The van der Waals surface area contributed by atoms with Crippen molar-refractivity contribution in [1.29, 1.82) is 0 Å². The van der Waals surface area contributed by atoms with E-state index in [-0.39, 0.29) is 12.3 Å². The summed E-state index contributed by atoms with van der Waals surface area (Å²) < 4.78 is 0. The number of carboxylic acid groups (broad SMARTS) is 1. The van der Waals surface area contributed by atoms with E-state index in [0.29, 0.717) is 5.92 Å². The molecule has 2 heterocycles. The minimum Gasteiger partial charge on any atom is -0.481 e. The third-order valence-electron chi connectivity index (χ3n) is 5.84. The van der Waals surface area contributed by atoms with E-state index >= 15 is 0 Å². The predicted molar refractivity (Wildman–Crippen MR) is 92.9 cm³/mol. The molecule has 0 bridgehead atoms. The smallest absolute Gasteiger partial charge is 0.303 e. The molecule has 2 aromatic rings. The third-order valence-corrected chi connectivity index (χ3v) is 5.84. The quantitative estimate of drug-likeness (QED) is 0.885. The Bertz CT molecular complexity index is 689. The number of piperidine rings is 1. The largest absolute Gasteiger partial charge is 0.481 e. The highest BCUT2D eigenvalue weighted by Crippen LogP contribution is 2.34. The van der Waals surface area contributed by atoms with Crippen LogP contribution in [0.3, 0.4) is 0 Å². The zero-order chi connectivity index (χ0) is 16.5. The van der Waals surface area contributed by atoms with Crippen molar-refractivity contribution >= 4 is 17.0 Å². The van der Waals surface area contributed by atoms with Crippen LogP contribution in [0.25, 0.3) is 11.0 Å². The Balaban J connectivity index is 1.51. The molecule has 0 radical (unpaired) electrons. The van der Waals surface area contributed by atoms with Crippen LogP contribution >= 0.6 is 0 Å². The maximum Gasteiger partial charge on any atom is 0.303 e. The fourth-order valence-electron chi connectivity index (χ4n) is 4.27. The van der Waals surface area contributed by atoms with Gasteiger partial charge in [-0.1, -0.05) is 18.6 Å². The van der Waals surface area contributed by atoms with E-state index in [1.54, 1.807) is 0 Å². The van der Waals surface area contributed by atoms with Gasteiger partial charge in [0.05, 0.1) is 11.0 Å². The van der Waals surface area contributed by atoms with Gasteiger partial charge in [0.15, 0.2) is 0 Å². The van der Waals surface area contributed by atoms with Crippen molar-refractivity contribution in [3.8, 4) is 0 Å². The number of carbonyl (C=O) groups is 1. The Hall–Kier alpha value is -1.88. The Kier molecular flexibility index (Phi) is 4.27. The lowest BCUT2D eigenvalue weighted by molar-refractivity contribution is -0.139. The Morgan fingerprint density at radius 1 is 1.25 bits per heavy atom. The number of hydrogen-bond donors (Lipinski definition) is 2. The van der Waals surface area contributed by atoms with E-state index in [1.165, 1.54) is 19.3 Å². The average Bonchev–Trinajstić information content (AvgIpc) is 2.90. The van der Waals surface area contributed by atoms with Gasteiger partial charge in [0.1, 0.15) is 5.82 Å². The third kappa shape index (κ3) is 3.18. The summed E-state index contributed by atoms with van der Waals surface area (Å²) in [5.74, 6) is 0.946. The van der Waals surface area contributed by atoms with E-state index < -0.39 is 5.97 Å². The molecule has 2 aliphatic rings. The van der Waals surface area contributed by atoms with Crippen molar-refractivity contribution < 1.29 is 9.90 Å². The first kappa shape index (κ1) is 15.6. The highest BCUT2D eigenvalue weighted by atomic mass is 16.4. The number of hydrogen-bond acceptors (Lipinski definition) is 3. The molecule has 1 aromatic heterocycles. The molecule has 0 spiro atoms. The van der Waals surface area contributed by atoms with Crippen molar-refractivity contribution in [2.24, 2.45) is 11.8 Å². The summed E-state index contributed by atoms with van der Waals surface area (Å²) >= 11 is 0. The Morgan fingerprint density at radius 2 is 2.08 bits per heavy atom. The number of aromatic amines is 1. The van der Waals surface area contributed by atoms with Gasteiger partial charge in [-0.3, -0.25) is 4.79 Å².